The SMILES string of the molecule is COC(=O)C(O)CC(OC)c1c(O)c(OC)c(C)c2c1Oc1c(C)cc(O)cc1OC2=O. The molecular weight excluding hydrogens is 424 g/mol. The van der Waals surface area contributed by atoms with Crippen LogP contribution in [0.25, 0.3) is 0 Å². The lowest BCUT2D eigenvalue weighted by Crippen LogP contribution is -2.25. The fourth-order valence-corrected chi connectivity index (χ4v) is 3.68. The average molecular weight is 448 g/mol. The lowest BCUT2D eigenvalue weighted by atomic mass is 9.94. The summed E-state index contributed by atoms with van der Waals surface area (Å²) in [6.07, 6.45) is -2.98. The number of hydrogen-bond acceptors (Lipinski definition) is 10. The second kappa shape index (κ2) is 8.93. The molecule has 10 heteroatoms. The molecule has 2 unspecified atom stereocenters. The summed E-state index contributed by atoms with van der Waals surface area (Å²) < 4.78 is 26.8. The van der Waals surface area contributed by atoms with Crippen LogP contribution in [0.3, 0.4) is 0 Å². The van der Waals surface area contributed by atoms with Crippen molar-refractivity contribution >= 4 is 11.9 Å². The fourth-order valence-electron chi connectivity index (χ4n) is 3.68. The normalized spacial score (nSPS) is 14.2. The Hall–Kier alpha value is -3.50. The van der Waals surface area contributed by atoms with Gasteiger partial charge in [-0.1, -0.05) is 0 Å². The zero-order valence-corrected chi connectivity index (χ0v) is 18.2. The van der Waals surface area contributed by atoms with E-state index < -0.39 is 24.1 Å². The van der Waals surface area contributed by atoms with Gasteiger partial charge < -0.3 is 39.0 Å². The van der Waals surface area contributed by atoms with Gasteiger partial charge in [-0.25, -0.2) is 9.59 Å². The predicted octanol–water partition coefficient (Wildman–Crippen LogP) is 2.66. The topological polar surface area (TPSA) is 141 Å². The van der Waals surface area contributed by atoms with Gasteiger partial charge in [0.05, 0.1) is 25.9 Å². The van der Waals surface area contributed by atoms with E-state index in [0.29, 0.717) is 5.56 Å². The number of aromatic hydroxyl groups is 2. The number of carbonyl (C=O) groups excluding carboxylic acids is 2. The molecule has 10 nitrogen and oxygen atoms in total. The van der Waals surface area contributed by atoms with Gasteiger partial charge in [-0.2, -0.15) is 0 Å². The molecule has 0 spiro atoms. The zero-order chi connectivity index (χ0) is 23.7. The molecule has 0 fully saturated rings. The lowest BCUT2D eigenvalue weighted by Gasteiger charge is -2.25. The molecule has 2 atom stereocenters. The highest BCUT2D eigenvalue weighted by molar-refractivity contribution is 5.99. The minimum absolute atomic E-state index is 0.0175. The molecule has 0 aromatic heterocycles. The van der Waals surface area contributed by atoms with Crippen LogP contribution in [-0.2, 0) is 14.3 Å². The Morgan fingerprint density at radius 2 is 1.78 bits per heavy atom. The van der Waals surface area contributed by atoms with Gasteiger partial charge in [0, 0.05) is 25.2 Å². The number of rotatable bonds is 6. The Morgan fingerprint density at radius 3 is 2.38 bits per heavy atom. The predicted molar refractivity (Wildman–Crippen MR) is 110 cm³/mol. The Bertz CT molecular complexity index is 1080. The monoisotopic (exact) mass is 448 g/mol. The van der Waals surface area contributed by atoms with Crippen LogP contribution in [0.4, 0.5) is 0 Å². The number of aliphatic hydroxyl groups is 1. The quantitative estimate of drug-likeness (QED) is 0.446. The molecule has 1 aliphatic rings. The summed E-state index contributed by atoms with van der Waals surface area (Å²) in [5, 5.41) is 31.1. The van der Waals surface area contributed by atoms with Crippen molar-refractivity contribution in [2.75, 3.05) is 21.3 Å². The highest BCUT2D eigenvalue weighted by Crippen LogP contribution is 2.52. The first kappa shape index (κ1) is 23.2. The van der Waals surface area contributed by atoms with Gasteiger partial charge in [0.2, 0.25) is 0 Å². The summed E-state index contributed by atoms with van der Waals surface area (Å²) in [6.45, 7) is 3.18. The van der Waals surface area contributed by atoms with Gasteiger partial charge in [0.25, 0.3) is 0 Å². The molecule has 2 aromatic rings. The van der Waals surface area contributed by atoms with Crippen molar-refractivity contribution in [3.8, 4) is 34.5 Å². The standard InChI is InChI=1S/C22H24O10/c1-9-6-11(23)7-14-18(9)32-20-15(22(27)31-14)10(2)19(29-4)17(25)16(20)13(28-3)8-12(24)21(26)30-5/h6-7,12-13,23-25H,8H2,1-5H3. The number of fused-ring (bicyclic) bond motifs is 2. The summed E-state index contributed by atoms with van der Waals surface area (Å²) >= 11 is 0. The van der Waals surface area contributed by atoms with Crippen LogP contribution in [-0.4, -0.2) is 54.7 Å². The molecule has 0 radical (unpaired) electrons. The van der Waals surface area contributed by atoms with Crippen LogP contribution in [0.15, 0.2) is 12.1 Å². The van der Waals surface area contributed by atoms with E-state index in [-0.39, 0.29) is 57.6 Å². The third-order valence-electron chi connectivity index (χ3n) is 5.21. The van der Waals surface area contributed by atoms with E-state index >= 15 is 0 Å². The maximum absolute atomic E-state index is 13.0. The number of esters is 2. The third kappa shape index (κ3) is 3.90. The molecule has 2 aromatic carbocycles. The minimum Gasteiger partial charge on any atom is -0.508 e. The number of carbonyl (C=O) groups is 2. The molecule has 1 heterocycles. The maximum atomic E-state index is 13.0. The number of phenolic OH excluding ortho intramolecular Hbond substituents is 2. The number of hydrogen-bond donors (Lipinski definition) is 3. The Balaban J connectivity index is 2.28. The van der Waals surface area contributed by atoms with E-state index in [1.54, 1.807) is 6.92 Å². The summed E-state index contributed by atoms with van der Waals surface area (Å²) in [7, 11) is 3.74. The minimum atomic E-state index is -1.57. The second-order valence-electron chi connectivity index (χ2n) is 7.21. The van der Waals surface area contributed by atoms with Crippen molar-refractivity contribution in [3.63, 3.8) is 0 Å². The number of ether oxygens (including phenoxy) is 5. The molecule has 1 aliphatic heterocycles. The molecule has 0 bridgehead atoms. The first-order valence-electron chi connectivity index (χ1n) is 9.60. The Labute approximate surface area is 183 Å². The Morgan fingerprint density at radius 1 is 1.09 bits per heavy atom. The number of aryl methyl sites for hydroxylation is 1. The van der Waals surface area contributed by atoms with Crippen LogP contribution >= 0.6 is 0 Å². The van der Waals surface area contributed by atoms with Crippen LogP contribution < -0.4 is 14.2 Å². The van der Waals surface area contributed by atoms with Gasteiger partial charge >= 0.3 is 11.9 Å². The van der Waals surface area contributed by atoms with Crippen molar-refractivity contribution in [2.24, 2.45) is 0 Å². The molecule has 0 saturated carbocycles. The first-order valence-corrected chi connectivity index (χ1v) is 9.60. The molecule has 0 amide bonds. The van der Waals surface area contributed by atoms with Crippen LogP contribution in [0.1, 0.15) is 39.6 Å². The first-order chi connectivity index (χ1) is 15.1. The van der Waals surface area contributed by atoms with Crippen molar-refractivity contribution < 1.29 is 48.6 Å². The van der Waals surface area contributed by atoms with Gasteiger partial charge in [0.1, 0.15) is 11.3 Å². The smallest absolute Gasteiger partial charge is 0.347 e. The summed E-state index contributed by atoms with van der Waals surface area (Å²) in [6, 6.07) is 2.65. The van der Waals surface area contributed by atoms with Crippen LogP contribution in [0.2, 0.25) is 0 Å². The molecule has 3 N–H and O–H groups in total. The lowest BCUT2D eigenvalue weighted by molar-refractivity contribution is -0.152. The molecule has 172 valence electrons. The fraction of sp³-hybridized carbons (Fsp3) is 0.364. The van der Waals surface area contributed by atoms with Gasteiger partial charge in [-0.05, 0) is 25.5 Å². The number of methoxy groups -OCH3 is 3. The average Bonchev–Trinajstić information content (AvgIpc) is 2.88. The van der Waals surface area contributed by atoms with E-state index in [1.807, 2.05) is 0 Å². The second-order valence-corrected chi connectivity index (χ2v) is 7.21. The molecule has 0 aliphatic carbocycles. The van der Waals surface area contributed by atoms with E-state index in [1.165, 1.54) is 33.3 Å². The third-order valence-corrected chi connectivity index (χ3v) is 5.21. The number of aliphatic hydroxyl groups excluding tert-OH is 1. The number of benzene rings is 2. The van der Waals surface area contributed by atoms with Gasteiger partial charge in [0.15, 0.2) is 34.9 Å². The summed E-state index contributed by atoms with van der Waals surface area (Å²) in [5.74, 6) is -2.21. The van der Waals surface area contributed by atoms with Crippen LogP contribution in [0.5, 0.6) is 34.5 Å². The van der Waals surface area contributed by atoms with Crippen molar-refractivity contribution in [1.29, 1.82) is 0 Å². The maximum Gasteiger partial charge on any atom is 0.347 e. The highest BCUT2D eigenvalue weighted by atomic mass is 16.6. The van der Waals surface area contributed by atoms with E-state index in [0.717, 1.165) is 7.11 Å². The largest absolute Gasteiger partial charge is 0.508 e. The Kier molecular flexibility index (Phi) is 6.47. The zero-order valence-electron chi connectivity index (χ0n) is 18.2. The molecule has 0 saturated heterocycles. The summed E-state index contributed by atoms with van der Waals surface area (Å²) in [5.41, 5.74) is 0.638. The summed E-state index contributed by atoms with van der Waals surface area (Å²) in [4.78, 5) is 24.8. The van der Waals surface area contributed by atoms with E-state index in [4.69, 9.17) is 18.9 Å². The van der Waals surface area contributed by atoms with Gasteiger partial charge in [-0.15, -0.1) is 0 Å². The van der Waals surface area contributed by atoms with Crippen molar-refractivity contribution in [2.45, 2.75) is 32.5 Å². The van der Waals surface area contributed by atoms with E-state index in [9.17, 15) is 24.9 Å². The number of phenols is 2. The highest BCUT2D eigenvalue weighted by Gasteiger charge is 2.37. The van der Waals surface area contributed by atoms with Crippen molar-refractivity contribution in [3.05, 3.63) is 34.4 Å². The van der Waals surface area contributed by atoms with Crippen molar-refractivity contribution in [1.82, 2.24) is 0 Å². The van der Waals surface area contributed by atoms with Gasteiger partial charge in [-0.3, -0.25) is 0 Å². The molecule has 3 rings (SSSR count). The molecule has 32 heavy (non-hydrogen) atoms. The van der Waals surface area contributed by atoms with Crippen LogP contribution in [0, 0.1) is 13.8 Å². The molecular formula is C22H24O10. The van der Waals surface area contributed by atoms with E-state index in [2.05, 4.69) is 4.74 Å².